The molecule has 7 heteroatoms. The molecule has 2 rings (SSSR count). The van der Waals surface area contributed by atoms with E-state index in [0.29, 0.717) is 5.75 Å². The van der Waals surface area contributed by atoms with Gasteiger partial charge in [0.05, 0.1) is 19.3 Å². The monoisotopic (exact) mass is 309 g/mol. The number of ether oxygens (including phenoxy) is 1. The molecule has 0 N–H and O–H groups in total. The Morgan fingerprint density at radius 1 is 1.33 bits per heavy atom. The fraction of sp³-hybridized carbons (Fsp3) is 0.357. The summed E-state index contributed by atoms with van der Waals surface area (Å²) in [5.74, 6) is 0.665. The lowest BCUT2D eigenvalue weighted by atomic mass is 10.1. The van der Waals surface area contributed by atoms with Crippen LogP contribution in [0.1, 0.15) is 18.5 Å². The summed E-state index contributed by atoms with van der Waals surface area (Å²) in [4.78, 5) is 0.175. The Kier molecular flexibility index (Phi) is 4.34. The highest BCUT2D eigenvalue weighted by molar-refractivity contribution is 7.89. The zero-order valence-electron chi connectivity index (χ0n) is 12.5. The van der Waals surface area contributed by atoms with E-state index in [1.54, 1.807) is 21.2 Å². The van der Waals surface area contributed by atoms with E-state index in [9.17, 15) is 8.42 Å². The Morgan fingerprint density at radius 3 is 2.57 bits per heavy atom. The first-order valence-corrected chi connectivity index (χ1v) is 7.91. The minimum Gasteiger partial charge on any atom is -0.496 e. The summed E-state index contributed by atoms with van der Waals surface area (Å²) in [7, 11) is 1.21. The Bertz CT molecular complexity index is 725. The van der Waals surface area contributed by atoms with Crippen molar-refractivity contribution in [3.8, 4) is 5.75 Å². The highest BCUT2D eigenvalue weighted by Gasteiger charge is 2.28. The molecule has 0 bridgehead atoms. The molecule has 1 aromatic heterocycles. The maximum absolute atomic E-state index is 12.6. The lowest BCUT2D eigenvalue weighted by Crippen LogP contribution is -2.29. The van der Waals surface area contributed by atoms with Crippen molar-refractivity contribution >= 4 is 10.0 Å². The SMILES string of the molecule is COc1ccccc1[C@@H](C)N(C)S(=O)(=O)c1cnn(C)c1. The summed E-state index contributed by atoms with van der Waals surface area (Å²) >= 11 is 0. The molecule has 0 saturated heterocycles. The van der Waals surface area contributed by atoms with Crippen molar-refractivity contribution in [3.05, 3.63) is 42.2 Å². The molecular formula is C14H19N3O3S. The lowest BCUT2D eigenvalue weighted by molar-refractivity contribution is 0.367. The minimum atomic E-state index is -3.60. The van der Waals surface area contributed by atoms with Crippen LogP contribution in [0.2, 0.25) is 0 Å². The minimum absolute atomic E-state index is 0.175. The van der Waals surface area contributed by atoms with Crippen LogP contribution in [0.3, 0.4) is 0 Å². The molecular weight excluding hydrogens is 290 g/mol. The Hall–Kier alpha value is -1.86. The molecule has 0 unspecified atom stereocenters. The molecule has 0 aliphatic heterocycles. The highest BCUT2D eigenvalue weighted by atomic mass is 32.2. The van der Waals surface area contributed by atoms with Gasteiger partial charge in [0.15, 0.2) is 0 Å². The van der Waals surface area contributed by atoms with Gasteiger partial charge in [-0.25, -0.2) is 8.42 Å². The van der Waals surface area contributed by atoms with Gasteiger partial charge in [-0.05, 0) is 13.0 Å². The molecule has 6 nitrogen and oxygen atoms in total. The van der Waals surface area contributed by atoms with Gasteiger partial charge in [0.1, 0.15) is 10.6 Å². The third-order valence-corrected chi connectivity index (χ3v) is 5.37. The van der Waals surface area contributed by atoms with Gasteiger partial charge < -0.3 is 4.74 Å². The predicted octanol–water partition coefficient (Wildman–Crippen LogP) is 1.81. The van der Waals surface area contributed by atoms with Gasteiger partial charge >= 0.3 is 0 Å². The molecule has 0 aliphatic carbocycles. The summed E-state index contributed by atoms with van der Waals surface area (Å²) in [6, 6.07) is 7.03. The fourth-order valence-corrected chi connectivity index (χ4v) is 3.44. The van der Waals surface area contributed by atoms with E-state index < -0.39 is 10.0 Å². The Morgan fingerprint density at radius 2 is 2.00 bits per heavy atom. The summed E-state index contributed by atoms with van der Waals surface area (Å²) < 4.78 is 33.3. The van der Waals surface area contributed by atoms with Gasteiger partial charge in [-0.1, -0.05) is 18.2 Å². The van der Waals surface area contributed by atoms with E-state index in [-0.39, 0.29) is 10.9 Å². The fourth-order valence-electron chi connectivity index (χ4n) is 2.11. The molecule has 0 fully saturated rings. The van der Waals surface area contributed by atoms with E-state index in [1.165, 1.54) is 21.4 Å². The van der Waals surface area contributed by atoms with Crippen LogP contribution >= 0.6 is 0 Å². The second-order valence-electron chi connectivity index (χ2n) is 4.79. The maximum atomic E-state index is 12.6. The standard InChI is InChI=1S/C14H19N3O3S/c1-11(13-7-5-6-8-14(13)20-4)17(3)21(18,19)12-9-15-16(2)10-12/h5-11H,1-4H3/t11-/m1/s1. The van der Waals surface area contributed by atoms with Crippen molar-refractivity contribution in [1.82, 2.24) is 14.1 Å². The number of hydrogen-bond donors (Lipinski definition) is 0. The number of nitrogens with zero attached hydrogens (tertiary/aromatic N) is 3. The molecule has 0 amide bonds. The topological polar surface area (TPSA) is 64.4 Å². The van der Waals surface area contributed by atoms with Gasteiger partial charge in [0, 0.05) is 25.9 Å². The summed E-state index contributed by atoms with van der Waals surface area (Å²) in [5.41, 5.74) is 0.815. The first-order valence-electron chi connectivity index (χ1n) is 6.47. The maximum Gasteiger partial charge on any atom is 0.246 e. The smallest absolute Gasteiger partial charge is 0.246 e. The summed E-state index contributed by atoms with van der Waals surface area (Å²) in [6.45, 7) is 1.83. The molecule has 114 valence electrons. The number of aromatic nitrogens is 2. The van der Waals surface area contributed by atoms with Gasteiger partial charge in [0.25, 0.3) is 0 Å². The molecule has 0 aliphatic rings. The van der Waals surface area contributed by atoms with Crippen LogP contribution in [-0.2, 0) is 17.1 Å². The van der Waals surface area contributed by atoms with E-state index in [4.69, 9.17) is 4.74 Å². The van der Waals surface area contributed by atoms with E-state index in [0.717, 1.165) is 5.56 Å². The van der Waals surface area contributed by atoms with E-state index in [1.807, 2.05) is 31.2 Å². The molecule has 1 heterocycles. The van der Waals surface area contributed by atoms with E-state index >= 15 is 0 Å². The van der Waals surface area contributed by atoms with Gasteiger partial charge in [-0.3, -0.25) is 4.68 Å². The molecule has 0 spiro atoms. The molecule has 0 saturated carbocycles. The van der Waals surface area contributed by atoms with Gasteiger partial charge in [-0.2, -0.15) is 9.40 Å². The van der Waals surface area contributed by atoms with Crippen LogP contribution in [0.15, 0.2) is 41.6 Å². The third kappa shape index (κ3) is 2.93. The number of methoxy groups -OCH3 is 1. The predicted molar refractivity (Wildman–Crippen MR) is 79.6 cm³/mol. The van der Waals surface area contributed by atoms with Crippen molar-refractivity contribution in [1.29, 1.82) is 0 Å². The van der Waals surface area contributed by atoms with Gasteiger partial charge in [-0.15, -0.1) is 0 Å². The first-order chi connectivity index (χ1) is 9.87. The Labute approximate surface area is 125 Å². The number of rotatable bonds is 5. The number of aryl methyl sites for hydroxylation is 1. The zero-order valence-corrected chi connectivity index (χ0v) is 13.3. The zero-order chi connectivity index (χ0) is 15.6. The lowest BCUT2D eigenvalue weighted by Gasteiger charge is -2.25. The number of para-hydroxylation sites is 1. The van der Waals surface area contributed by atoms with E-state index in [2.05, 4.69) is 5.10 Å². The van der Waals surface area contributed by atoms with Crippen molar-refractivity contribution in [2.75, 3.05) is 14.2 Å². The van der Waals surface area contributed by atoms with Crippen molar-refractivity contribution in [3.63, 3.8) is 0 Å². The van der Waals surface area contributed by atoms with Crippen LogP contribution < -0.4 is 4.74 Å². The second-order valence-corrected chi connectivity index (χ2v) is 6.79. The van der Waals surface area contributed by atoms with Crippen LogP contribution in [-0.4, -0.2) is 36.7 Å². The summed E-state index contributed by atoms with van der Waals surface area (Å²) in [5, 5.41) is 3.92. The largest absolute Gasteiger partial charge is 0.496 e. The molecule has 2 aromatic rings. The van der Waals surface area contributed by atoms with Crippen LogP contribution in [0.5, 0.6) is 5.75 Å². The highest BCUT2D eigenvalue weighted by Crippen LogP contribution is 2.31. The second kappa shape index (κ2) is 5.87. The third-order valence-electron chi connectivity index (χ3n) is 3.49. The summed E-state index contributed by atoms with van der Waals surface area (Å²) in [6.07, 6.45) is 2.83. The average molecular weight is 309 g/mol. The van der Waals surface area contributed by atoms with Gasteiger partial charge in [0.2, 0.25) is 10.0 Å². The Balaban J connectivity index is 2.37. The molecule has 0 radical (unpaired) electrons. The number of benzene rings is 1. The van der Waals surface area contributed by atoms with Crippen molar-refractivity contribution < 1.29 is 13.2 Å². The van der Waals surface area contributed by atoms with Crippen LogP contribution in [0, 0.1) is 0 Å². The van der Waals surface area contributed by atoms with Crippen molar-refractivity contribution in [2.24, 2.45) is 7.05 Å². The number of sulfonamides is 1. The van der Waals surface area contributed by atoms with Crippen LogP contribution in [0.25, 0.3) is 0 Å². The number of hydrogen-bond acceptors (Lipinski definition) is 4. The molecule has 1 atom stereocenters. The van der Waals surface area contributed by atoms with Crippen molar-refractivity contribution in [2.45, 2.75) is 17.9 Å². The normalized spacial score (nSPS) is 13.4. The quantitative estimate of drug-likeness (QED) is 0.845. The molecule has 21 heavy (non-hydrogen) atoms. The van der Waals surface area contributed by atoms with Crippen LogP contribution in [0.4, 0.5) is 0 Å². The molecule has 1 aromatic carbocycles. The average Bonchev–Trinajstić information content (AvgIpc) is 2.93. The first kappa shape index (κ1) is 15.5.